The molecule has 0 aliphatic rings. The van der Waals surface area contributed by atoms with E-state index in [1.807, 2.05) is 18.3 Å². The van der Waals surface area contributed by atoms with Crippen molar-refractivity contribution in [3.63, 3.8) is 0 Å². The first-order valence-corrected chi connectivity index (χ1v) is 7.86. The highest BCUT2D eigenvalue weighted by molar-refractivity contribution is 7.12. The highest BCUT2D eigenvalue weighted by Gasteiger charge is 2.15. The lowest BCUT2D eigenvalue weighted by molar-refractivity contribution is 0.604. The van der Waals surface area contributed by atoms with Crippen LogP contribution in [-0.4, -0.2) is 4.98 Å². The Labute approximate surface area is 117 Å². The average Bonchev–Trinajstić information content (AvgIpc) is 2.87. The van der Waals surface area contributed by atoms with Crippen molar-refractivity contribution in [3.8, 4) is 0 Å². The van der Waals surface area contributed by atoms with Crippen LogP contribution in [0.15, 0.2) is 17.5 Å². The molecule has 2 rings (SSSR count). The minimum absolute atomic E-state index is 0.259. The largest absolute Gasteiger partial charge is 0.306 e. The molecule has 0 aromatic carbocycles. The van der Waals surface area contributed by atoms with Gasteiger partial charge in [-0.15, -0.1) is 22.7 Å². The van der Waals surface area contributed by atoms with E-state index < -0.39 is 0 Å². The Kier molecular flexibility index (Phi) is 4.20. The molecule has 0 amide bonds. The second-order valence-corrected chi connectivity index (χ2v) is 7.61. The fraction of sp³-hybridized carbons (Fsp3) is 0.500. The van der Waals surface area contributed by atoms with E-state index in [4.69, 9.17) is 0 Å². The summed E-state index contributed by atoms with van der Waals surface area (Å²) in [4.78, 5) is 7.29. The standard InChI is InChI=1S/C14H20N2S2/c1-10-9-17-13(16-10)8-15-7-11-5-6-12(18-11)14(2,3)4/h5-6,9,15H,7-8H2,1-4H3. The van der Waals surface area contributed by atoms with E-state index in [1.165, 1.54) is 14.8 Å². The fourth-order valence-corrected chi connectivity index (χ4v) is 3.43. The van der Waals surface area contributed by atoms with Crippen LogP contribution in [0.3, 0.4) is 0 Å². The molecule has 2 heterocycles. The predicted octanol–water partition coefficient (Wildman–Crippen LogP) is 4.10. The number of hydrogen-bond donors (Lipinski definition) is 1. The highest BCUT2D eigenvalue weighted by atomic mass is 32.1. The van der Waals surface area contributed by atoms with Crippen molar-refractivity contribution in [3.05, 3.63) is 38.0 Å². The van der Waals surface area contributed by atoms with Gasteiger partial charge in [-0.1, -0.05) is 20.8 Å². The molecule has 0 radical (unpaired) electrons. The molecule has 98 valence electrons. The molecule has 2 nitrogen and oxygen atoms in total. The maximum absolute atomic E-state index is 4.45. The monoisotopic (exact) mass is 280 g/mol. The third-order valence-electron chi connectivity index (χ3n) is 2.64. The van der Waals surface area contributed by atoms with E-state index in [1.54, 1.807) is 11.3 Å². The number of aryl methyl sites for hydroxylation is 1. The van der Waals surface area contributed by atoms with Crippen molar-refractivity contribution in [1.29, 1.82) is 0 Å². The van der Waals surface area contributed by atoms with Crippen LogP contribution >= 0.6 is 22.7 Å². The molecule has 2 aromatic rings. The summed E-state index contributed by atoms with van der Waals surface area (Å²) in [5, 5.41) is 6.72. The van der Waals surface area contributed by atoms with Gasteiger partial charge >= 0.3 is 0 Å². The first kappa shape index (κ1) is 13.7. The zero-order valence-corrected chi connectivity index (χ0v) is 13.0. The highest BCUT2D eigenvalue weighted by Crippen LogP contribution is 2.29. The van der Waals surface area contributed by atoms with Crippen molar-refractivity contribution in [2.24, 2.45) is 0 Å². The molecular weight excluding hydrogens is 260 g/mol. The van der Waals surface area contributed by atoms with Gasteiger partial charge in [0, 0.05) is 33.9 Å². The second-order valence-electron chi connectivity index (χ2n) is 5.50. The Morgan fingerprint density at radius 2 is 2.00 bits per heavy atom. The minimum atomic E-state index is 0.259. The predicted molar refractivity (Wildman–Crippen MR) is 80.4 cm³/mol. The summed E-state index contributed by atoms with van der Waals surface area (Å²) in [6, 6.07) is 4.47. The van der Waals surface area contributed by atoms with E-state index in [2.05, 4.69) is 48.6 Å². The normalized spacial score (nSPS) is 12.0. The van der Waals surface area contributed by atoms with Crippen LogP contribution in [0.5, 0.6) is 0 Å². The molecule has 18 heavy (non-hydrogen) atoms. The summed E-state index contributed by atoms with van der Waals surface area (Å²) in [5.41, 5.74) is 1.37. The Morgan fingerprint density at radius 1 is 1.22 bits per heavy atom. The van der Waals surface area contributed by atoms with Crippen LogP contribution in [0.4, 0.5) is 0 Å². The third-order valence-corrected chi connectivity index (χ3v) is 5.12. The number of rotatable bonds is 4. The van der Waals surface area contributed by atoms with Gasteiger partial charge in [0.2, 0.25) is 0 Å². The summed E-state index contributed by atoms with van der Waals surface area (Å²) < 4.78 is 0. The van der Waals surface area contributed by atoms with Gasteiger partial charge in [-0.25, -0.2) is 4.98 Å². The third kappa shape index (κ3) is 3.64. The van der Waals surface area contributed by atoms with Crippen molar-refractivity contribution < 1.29 is 0 Å². The Morgan fingerprint density at radius 3 is 2.56 bits per heavy atom. The van der Waals surface area contributed by atoms with Crippen LogP contribution in [0, 0.1) is 6.92 Å². The molecule has 1 N–H and O–H groups in total. The number of thiophene rings is 1. The van der Waals surface area contributed by atoms with Gasteiger partial charge in [-0.3, -0.25) is 0 Å². The van der Waals surface area contributed by atoms with Gasteiger partial charge in [0.25, 0.3) is 0 Å². The van der Waals surface area contributed by atoms with Gasteiger partial charge in [-0.05, 0) is 24.5 Å². The Bertz CT molecular complexity index is 506. The molecular formula is C14H20N2S2. The van der Waals surface area contributed by atoms with E-state index in [0.29, 0.717) is 0 Å². The molecule has 0 unspecified atom stereocenters. The molecule has 0 bridgehead atoms. The van der Waals surface area contributed by atoms with Gasteiger partial charge in [0.1, 0.15) is 5.01 Å². The summed E-state index contributed by atoms with van der Waals surface area (Å²) in [6.45, 7) is 10.6. The molecule has 0 aliphatic carbocycles. The van der Waals surface area contributed by atoms with Crippen LogP contribution in [-0.2, 0) is 18.5 Å². The second kappa shape index (κ2) is 5.51. The molecule has 0 spiro atoms. The smallest absolute Gasteiger partial charge is 0.107 e. The van der Waals surface area contributed by atoms with Crippen molar-refractivity contribution in [2.75, 3.05) is 0 Å². The summed E-state index contributed by atoms with van der Waals surface area (Å²) in [7, 11) is 0. The van der Waals surface area contributed by atoms with Crippen LogP contribution < -0.4 is 5.32 Å². The first-order chi connectivity index (χ1) is 8.45. The van der Waals surface area contributed by atoms with E-state index in [0.717, 1.165) is 18.8 Å². The van der Waals surface area contributed by atoms with Crippen molar-refractivity contribution in [2.45, 2.75) is 46.2 Å². The fourth-order valence-electron chi connectivity index (χ4n) is 1.65. The van der Waals surface area contributed by atoms with E-state index in [9.17, 15) is 0 Å². The zero-order chi connectivity index (χ0) is 13.2. The maximum Gasteiger partial charge on any atom is 0.107 e. The van der Waals surface area contributed by atoms with Crippen LogP contribution in [0.2, 0.25) is 0 Å². The minimum Gasteiger partial charge on any atom is -0.306 e. The summed E-state index contributed by atoms with van der Waals surface area (Å²) in [6.07, 6.45) is 0. The summed E-state index contributed by atoms with van der Waals surface area (Å²) in [5.74, 6) is 0. The molecule has 0 saturated heterocycles. The zero-order valence-electron chi connectivity index (χ0n) is 11.4. The van der Waals surface area contributed by atoms with E-state index in [-0.39, 0.29) is 5.41 Å². The van der Waals surface area contributed by atoms with Gasteiger partial charge in [-0.2, -0.15) is 0 Å². The summed E-state index contributed by atoms with van der Waals surface area (Å²) >= 11 is 3.62. The molecule has 4 heteroatoms. The molecule has 0 atom stereocenters. The SMILES string of the molecule is Cc1csc(CNCc2ccc(C(C)(C)C)s2)n1. The van der Waals surface area contributed by atoms with Gasteiger partial charge in [0.05, 0.1) is 0 Å². The number of nitrogens with one attached hydrogen (secondary N) is 1. The van der Waals surface area contributed by atoms with Gasteiger partial charge in [0.15, 0.2) is 0 Å². The van der Waals surface area contributed by atoms with Crippen LogP contribution in [0.1, 0.15) is 41.2 Å². The Hall–Kier alpha value is -0.710. The number of thiazole rings is 1. The lowest BCUT2D eigenvalue weighted by atomic mass is 9.95. The number of aromatic nitrogens is 1. The maximum atomic E-state index is 4.45. The molecule has 0 saturated carbocycles. The average molecular weight is 280 g/mol. The quantitative estimate of drug-likeness (QED) is 0.912. The lowest BCUT2D eigenvalue weighted by Crippen LogP contribution is -2.11. The first-order valence-electron chi connectivity index (χ1n) is 6.16. The molecule has 2 aromatic heterocycles. The molecule has 0 fully saturated rings. The van der Waals surface area contributed by atoms with Gasteiger partial charge < -0.3 is 5.32 Å². The van der Waals surface area contributed by atoms with Crippen LogP contribution in [0.25, 0.3) is 0 Å². The number of nitrogens with zero attached hydrogens (tertiary/aromatic N) is 1. The van der Waals surface area contributed by atoms with Crippen molar-refractivity contribution in [1.82, 2.24) is 10.3 Å². The topological polar surface area (TPSA) is 24.9 Å². The Balaban J connectivity index is 1.85. The van der Waals surface area contributed by atoms with Crippen molar-refractivity contribution >= 4 is 22.7 Å². The molecule has 0 aliphatic heterocycles. The van der Waals surface area contributed by atoms with E-state index >= 15 is 0 Å². The lowest BCUT2D eigenvalue weighted by Gasteiger charge is -2.15. The number of hydrogen-bond acceptors (Lipinski definition) is 4.